The van der Waals surface area contributed by atoms with Gasteiger partial charge in [-0.15, -0.1) is 0 Å². The molecule has 0 saturated heterocycles. The Hall–Kier alpha value is -1.77. The molecule has 0 aliphatic heterocycles. The Morgan fingerprint density at radius 1 is 0.583 bits per heavy atom. The number of nitrogens with one attached hydrogen (secondary N) is 2. The van der Waals surface area contributed by atoms with Crippen molar-refractivity contribution < 1.29 is 0 Å². The number of aromatic nitrogens is 1. The van der Waals surface area contributed by atoms with Gasteiger partial charge in [0.1, 0.15) is 11.6 Å². The summed E-state index contributed by atoms with van der Waals surface area (Å²) in [6, 6.07) is 6.56. The zero-order valence-corrected chi connectivity index (χ0v) is 23.1. The Bertz CT molecular complexity index is 946. The first-order valence-electron chi connectivity index (χ1n) is 15.2. The van der Waals surface area contributed by atoms with Crippen molar-refractivity contribution >= 4 is 11.6 Å². The van der Waals surface area contributed by atoms with Gasteiger partial charge in [0.25, 0.3) is 0 Å². The minimum atomic E-state index is 0.364. The van der Waals surface area contributed by atoms with Crippen molar-refractivity contribution in [3.63, 3.8) is 0 Å². The molecule has 3 heteroatoms. The molecular weight excluding hydrogens is 438 g/mol. The fraction of sp³-hybridized carbons (Fsp3) is 0.727. The molecule has 194 valence electrons. The van der Waals surface area contributed by atoms with E-state index in [0.717, 1.165) is 47.1 Å². The summed E-state index contributed by atoms with van der Waals surface area (Å²) in [5, 5.41) is 7.85. The molecule has 0 spiro atoms. The van der Waals surface area contributed by atoms with Crippen LogP contribution in [0.3, 0.4) is 0 Å². The van der Waals surface area contributed by atoms with Gasteiger partial charge in [0.05, 0.1) is 0 Å². The van der Waals surface area contributed by atoms with Crippen molar-refractivity contribution in [3.05, 3.63) is 40.7 Å². The maximum absolute atomic E-state index is 5.18. The summed E-state index contributed by atoms with van der Waals surface area (Å²) >= 11 is 0. The maximum Gasteiger partial charge on any atom is 0.132 e. The van der Waals surface area contributed by atoms with Crippen LogP contribution in [-0.2, 0) is 0 Å². The number of pyridine rings is 1. The lowest BCUT2D eigenvalue weighted by Crippen LogP contribution is -2.48. The number of anilines is 2. The van der Waals surface area contributed by atoms with Crippen molar-refractivity contribution in [2.75, 3.05) is 10.6 Å². The number of allylic oxidation sites excluding steroid dienone is 4. The lowest BCUT2D eigenvalue weighted by Gasteiger charge is -2.58. The van der Waals surface area contributed by atoms with Gasteiger partial charge in [0, 0.05) is 22.2 Å². The van der Waals surface area contributed by atoms with Crippen molar-refractivity contribution in [1.29, 1.82) is 0 Å². The summed E-state index contributed by atoms with van der Waals surface area (Å²) in [5.41, 5.74) is 6.63. The lowest BCUT2D eigenvalue weighted by molar-refractivity contribution is -0.0303. The van der Waals surface area contributed by atoms with Crippen LogP contribution in [0, 0.1) is 46.3 Å². The molecule has 8 aliphatic carbocycles. The number of hydrogen-bond donors (Lipinski definition) is 2. The predicted molar refractivity (Wildman–Crippen MR) is 149 cm³/mol. The Morgan fingerprint density at radius 3 is 1.17 bits per heavy atom. The molecule has 2 N–H and O–H groups in total. The van der Waals surface area contributed by atoms with Gasteiger partial charge in [0.2, 0.25) is 0 Å². The minimum Gasteiger partial charge on any atom is -0.343 e. The molecule has 1 aromatic heterocycles. The van der Waals surface area contributed by atoms with Crippen LogP contribution in [-0.4, -0.2) is 4.98 Å². The number of hydrogen-bond acceptors (Lipinski definition) is 3. The van der Waals surface area contributed by atoms with Gasteiger partial charge in [-0.25, -0.2) is 4.98 Å². The molecule has 8 fully saturated rings. The van der Waals surface area contributed by atoms with Gasteiger partial charge in [0.15, 0.2) is 0 Å². The lowest BCUT2D eigenvalue weighted by atomic mass is 9.48. The summed E-state index contributed by atoms with van der Waals surface area (Å²) in [6.07, 6.45) is 17.3. The molecule has 8 aliphatic rings. The molecule has 8 bridgehead atoms. The largest absolute Gasteiger partial charge is 0.343 e. The van der Waals surface area contributed by atoms with Crippen LogP contribution >= 0.6 is 0 Å². The summed E-state index contributed by atoms with van der Waals surface area (Å²) in [5.74, 6) is 7.75. The van der Waals surface area contributed by atoms with E-state index < -0.39 is 0 Å². The second kappa shape index (κ2) is 8.37. The fourth-order valence-electron chi connectivity index (χ4n) is 11.2. The first kappa shape index (κ1) is 23.4. The van der Waals surface area contributed by atoms with Gasteiger partial charge in [-0.3, -0.25) is 0 Å². The SMILES string of the molecule is CC(C)=C(Nc1cccc(NC(=C(C)C)C23CC4CC(CC(C4)C2)C3)n1)C12CC3CC(CC(C3)C1)C2. The van der Waals surface area contributed by atoms with Crippen LogP contribution in [0.4, 0.5) is 11.6 Å². The van der Waals surface area contributed by atoms with E-state index in [-0.39, 0.29) is 0 Å². The summed E-state index contributed by atoms with van der Waals surface area (Å²) < 4.78 is 0. The molecule has 1 heterocycles. The quantitative estimate of drug-likeness (QED) is 0.422. The van der Waals surface area contributed by atoms with Crippen molar-refractivity contribution in [3.8, 4) is 0 Å². The highest BCUT2D eigenvalue weighted by molar-refractivity contribution is 5.53. The molecule has 0 unspecified atom stereocenters. The van der Waals surface area contributed by atoms with Crippen LogP contribution in [0.15, 0.2) is 40.7 Å². The van der Waals surface area contributed by atoms with Crippen LogP contribution in [0.2, 0.25) is 0 Å². The van der Waals surface area contributed by atoms with Crippen molar-refractivity contribution in [1.82, 2.24) is 4.98 Å². The van der Waals surface area contributed by atoms with E-state index >= 15 is 0 Å². The zero-order chi connectivity index (χ0) is 24.7. The fourth-order valence-corrected chi connectivity index (χ4v) is 11.2. The maximum atomic E-state index is 5.18. The highest BCUT2D eigenvalue weighted by Gasteiger charge is 2.54. The van der Waals surface area contributed by atoms with Gasteiger partial charge < -0.3 is 10.6 Å². The molecule has 36 heavy (non-hydrogen) atoms. The third-order valence-electron chi connectivity index (χ3n) is 11.4. The second-order valence-corrected chi connectivity index (χ2v) is 14.8. The third kappa shape index (κ3) is 3.86. The average molecular weight is 486 g/mol. The molecule has 0 atom stereocenters. The third-order valence-corrected chi connectivity index (χ3v) is 11.4. The van der Waals surface area contributed by atoms with E-state index in [0.29, 0.717) is 10.8 Å². The van der Waals surface area contributed by atoms with E-state index in [9.17, 15) is 0 Å². The topological polar surface area (TPSA) is 37.0 Å². The minimum absolute atomic E-state index is 0.364. The van der Waals surface area contributed by atoms with Crippen molar-refractivity contribution in [2.45, 2.75) is 105 Å². The normalized spacial score (nSPS) is 41.3. The molecule has 0 radical (unpaired) electrons. The first-order valence-corrected chi connectivity index (χ1v) is 15.2. The average Bonchev–Trinajstić information content (AvgIpc) is 2.79. The van der Waals surface area contributed by atoms with E-state index in [2.05, 4.69) is 56.5 Å². The molecule has 0 aromatic carbocycles. The molecule has 9 rings (SSSR count). The van der Waals surface area contributed by atoms with E-state index in [1.54, 1.807) is 0 Å². The van der Waals surface area contributed by atoms with E-state index in [1.807, 2.05) is 0 Å². The molecule has 8 saturated carbocycles. The highest BCUT2D eigenvalue weighted by Crippen LogP contribution is 2.64. The Balaban J connectivity index is 1.14. The van der Waals surface area contributed by atoms with Crippen molar-refractivity contribution in [2.24, 2.45) is 46.3 Å². The van der Waals surface area contributed by atoms with E-state index in [4.69, 9.17) is 4.98 Å². The molecule has 1 aromatic rings. The monoisotopic (exact) mass is 485 g/mol. The predicted octanol–water partition coefficient (Wildman–Crippen LogP) is 8.93. The van der Waals surface area contributed by atoms with Crippen LogP contribution < -0.4 is 10.6 Å². The van der Waals surface area contributed by atoms with Crippen LogP contribution in [0.25, 0.3) is 0 Å². The van der Waals surface area contributed by atoms with Crippen LogP contribution in [0.5, 0.6) is 0 Å². The number of nitrogens with zero attached hydrogens (tertiary/aromatic N) is 1. The zero-order valence-electron chi connectivity index (χ0n) is 23.1. The van der Waals surface area contributed by atoms with Crippen LogP contribution in [0.1, 0.15) is 105 Å². The molecular formula is C33H47N3. The summed E-state index contributed by atoms with van der Waals surface area (Å²) in [7, 11) is 0. The Kier molecular flexibility index (Phi) is 5.43. The summed E-state index contributed by atoms with van der Waals surface area (Å²) in [6.45, 7) is 9.27. The highest BCUT2D eigenvalue weighted by atomic mass is 15.1. The van der Waals surface area contributed by atoms with E-state index in [1.165, 1.54) is 99.6 Å². The summed E-state index contributed by atoms with van der Waals surface area (Å²) in [4.78, 5) is 5.18. The Morgan fingerprint density at radius 2 is 0.889 bits per heavy atom. The van der Waals surface area contributed by atoms with Gasteiger partial charge in [-0.05, 0) is 152 Å². The Labute approximate surface area is 219 Å². The smallest absolute Gasteiger partial charge is 0.132 e. The standard InChI is InChI=1S/C33H47N3/c1-20(2)30(32-14-22-8-23(15-32)10-24(9-22)16-32)35-28-6-5-7-29(34-28)36-31(21(3)4)33-17-25-11-26(18-33)13-27(12-25)19-33/h5-7,22-27H,8-19H2,1-4H3,(H2,34,35,36). The van der Waals surface area contributed by atoms with Gasteiger partial charge in [-0.2, -0.15) is 0 Å². The number of rotatable bonds is 6. The van der Waals surface area contributed by atoms with Gasteiger partial charge >= 0.3 is 0 Å². The molecule has 3 nitrogen and oxygen atoms in total. The van der Waals surface area contributed by atoms with Gasteiger partial charge in [-0.1, -0.05) is 17.2 Å². The first-order chi connectivity index (χ1) is 17.3. The molecule has 0 amide bonds. The second-order valence-electron chi connectivity index (χ2n) is 14.8.